The van der Waals surface area contributed by atoms with E-state index in [1.807, 2.05) is 0 Å². The van der Waals surface area contributed by atoms with Crippen LogP contribution >= 0.6 is 23.4 Å². The van der Waals surface area contributed by atoms with Crippen molar-refractivity contribution in [2.45, 2.75) is 36.1 Å². The van der Waals surface area contributed by atoms with E-state index in [0.717, 1.165) is 0 Å². The van der Waals surface area contributed by atoms with Gasteiger partial charge in [-0.15, -0.1) is 11.8 Å². The fraction of sp³-hybridized carbons (Fsp3) is 0.333. The highest BCUT2D eigenvalue weighted by Crippen LogP contribution is 2.45. The van der Waals surface area contributed by atoms with E-state index in [9.17, 15) is 18.4 Å². The van der Waals surface area contributed by atoms with Gasteiger partial charge in [-0.05, 0) is 36.6 Å². The maximum atomic E-state index is 14.0. The Bertz CT molecular complexity index is 938. The number of nitrogens with one attached hydrogen (secondary N) is 2. The first-order valence-electron chi connectivity index (χ1n) is 9.33. The maximum Gasteiger partial charge on any atom is 0.243 e. The van der Waals surface area contributed by atoms with Gasteiger partial charge in [-0.25, -0.2) is 8.78 Å². The number of thioether (sulfide) groups is 1. The van der Waals surface area contributed by atoms with Gasteiger partial charge in [-0.2, -0.15) is 0 Å². The van der Waals surface area contributed by atoms with Crippen LogP contribution in [0.5, 0.6) is 0 Å². The summed E-state index contributed by atoms with van der Waals surface area (Å²) < 4.78 is 27.8. The topological polar surface area (TPSA) is 58.2 Å². The van der Waals surface area contributed by atoms with E-state index < -0.39 is 11.3 Å². The van der Waals surface area contributed by atoms with E-state index in [1.54, 1.807) is 30.3 Å². The fourth-order valence-corrected chi connectivity index (χ4v) is 5.05. The van der Waals surface area contributed by atoms with Crippen LogP contribution in [-0.2, 0) is 16.0 Å². The van der Waals surface area contributed by atoms with E-state index in [1.165, 1.54) is 23.9 Å². The molecule has 4 rings (SSSR count). The Balaban J connectivity index is 1.31. The zero-order valence-corrected chi connectivity index (χ0v) is 16.9. The summed E-state index contributed by atoms with van der Waals surface area (Å²) in [4.78, 5) is 24.9. The van der Waals surface area contributed by atoms with Gasteiger partial charge in [0, 0.05) is 28.3 Å². The quantitative estimate of drug-likeness (QED) is 0.755. The molecular formula is C21H19ClF2N2O2S. The number of rotatable bonds is 5. The number of hydrogen-bond acceptors (Lipinski definition) is 3. The predicted molar refractivity (Wildman–Crippen MR) is 109 cm³/mol. The molecule has 0 radical (unpaired) electrons. The van der Waals surface area contributed by atoms with Crippen molar-refractivity contribution < 1.29 is 18.4 Å². The summed E-state index contributed by atoms with van der Waals surface area (Å²) in [6, 6.07) is 10.0. The highest BCUT2D eigenvalue weighted by molar-refractivity contribution is 8.00. The SMILES string of the molecule is O=C(N[C@@H]1C[C@@H]1c1c(F)cccc1Cl)[C@@H]1CS[C@@H](Cc2ccccc2F)C(=O)N1. The van der Waals surface area contributed by atoms with E-state index in [4.69, 9.17) is 11.6 Å². The average Bonchev–Trinajstić information content (AvgIpc) is 3.43. The van der Waals surface area contributed by atoms with Crippen LogP contribution in [0.25, 0.3) is 0 Å². The lowest BCUT2D eigenvalue weighted by Crippen LogP contribution is -2.55. The number of halogens is 3. The van der Waals surface area contributed by atoms with Crippen LogP contribution in [0.1, 0.15) is 23.5 Å². The minimum Gasteiger partial charge on any atom is -0.351 e. The lowest BCUT2D eigenvalue weighted by Gasteiger charge is -2.28. The van der Waals surface area contributed by atoms with E-state index in [0.29, 0.717) is 28.3 Å². The molecule has 1 heterocycles. The number of amides is 2. The molecule has 0 bridgehead atoms. The second kappa shape index (κ2) is 8.32. The fourth-order valence-electron chi connectivity index (χ4n) is 3.57. The molecule has 1 aliphatic heterocycles. The Morgan fingerprint density at radius 1 is 1.17 bits per heavy atom. The Labute approximate surface area is 176 Å². The first-order valence-corrected chi connectivity index (χ1v) is 10.8. The van der Waals surface area contributed by atoms with Crippen LogP contribution in [0, 0.1) is 11.6 Å². The largest absolute Gasteiger partial charge is 0.351 e. The molecule has 2 aliphatic rings. The molecular weight excluding hydrogens is 418 g/mol. The normalized spacial score (nSPS) is 26.0. The van der Waals surface area contributed by atoms with Crippen molar-refractivity contribution in [2.75, 3.05) is 5.75 Å². The van der Waals surface area contributed by atoms with E-state index in [2.05, 4.69) is 10.6 Å². The molecule has 8 heteroatoms. The van der Waals surface area contributed by atoms with Gasteiger partial charge in [0.05, 0.1) is 5.25 Å². The summed E-state index contributed by atoms with van der Waals surface area (Å²) in [5, 5.41) is 5.50. The Hall–Kier alpha value is -2.12. The summed E-state index contributed by atoms with van der Waals surface area (Å²) in [6.45, 7) is 0. The van der Waals surface area contributed by atoms with Gasteiger partial charge in [0.1, 0.15) is 17.7 Å². The molecule has 4 nitrogen and oxygen atoms in total. The van der Waals surface area contributed by atoms with Gasteiger partial charge in [0.25, 0.3) is 0 Å². The van der Waals surface area contributed by atoms with Gasteiger partial charge >= 0.3 is 0 Å². The summed E-state index contributed by atoms with van der Waals surface area (Å²) in [5.41, 5.74) is 0.900. The molecule has 1 saturated heterocycles. The molecule has 0 unspecified atom stereocenters. The molecule has 0 spiro atoms. The second-order valence-electron chi connectivity index (χ2n) is 7.27. The molecule has 1 saturated carbocycles. The highest BCUT2D eigenvalue weighted by atomic mass is 35.5. The van der Waals surface area contributed by atoms with Gasteiger partial charge in [-0.1, -0.05) is 35.9 Å². The van der Waals surface area contributed by atoms with Crippen molar-refractivity contribution >= 4 is 35.2 Å². The molecule has 2 aromatic carbocycles. The molecule has 0 aromatic heterocycles. The van der Waals surface area contributed by atoms with Crippen molar-refractivity contribution in [1.29, 1.82) is 0 Å². The predicted octanol–water partition coefficient (Wildman–Crippen LogP) is 3.43. The van der Waals surface area contributed by atoms with Crippen molar-refractivity contribution in [3.63, 3.8) is 0 Å². The number of benzene rings is 2. The van der Waals surface area contributed by atoms with Crippen LogP contribution in [0.2, 0.25) is 5.02 Å². The molecule has 2 aromatic rings. The Morgan fingerprint density at radius 3 is 2.66 bits per heavy atom. The van der Waals surface area contributed by atoms with Gasteiger partial charge in [0.2, 0.25) is 11.8 Å². The zero-order chi connectivity index (χ0) is 20.5. The molecule has 29 heavy (non-hydrogen) atoms. The summed E-state index contributed by atoms with van der Waals surface area (Å²) in [7, 11) is 0. The first-order chi connectivity index (χ1) is 13.9. The van der Waals surface area contributed by atoms with Crippen LogP contribution in [0.3, 0.4) is 0 Å². The molecule has 2 fully saturated rings. The Kier molecular flexibility index (Phi) is 5.79. The summed E-state index contributed by atoms with van der Waals surface area (Å²) in [6.07, 6.45) is 0.879. The van der Waals surface area contributed by atoms with Crippen LogP contribution in [0.4, 0.5) is 8.78 Å². The molecule has 1 aliphatic carbocycles. The van der Waals surface area contributed by atoms with Crippen LogP contribution in [-0.4, -0.2) is 34.9 Å². The molecule has 4 atom stereocenters. The van der Waals surface area contributed by atoms with Crippen molar-refractivity contribution in [3.8, 4) is 0 Å². The average molecular weight is 437 g/mol. The Morgan fingerprint density at radius 2 is 1.93 bits per heavy atom. The third kappa shape index (κ3) is 4.41. The number of hydrogen-bond donors (Lipinski definition) is 2. The number of carbonyl (C=O) groups is 2. The standard InChI is InChI=1S/C21H19ClF2N2O2S/c22-13-5-3-7-15(24)19(13)12-9-16(12)25-20(27)17-10-29-18(21(28)26-17)8-11-4-1-2-6-14(11)23/h1-7,12,16-18H,8-10H2,(H,25,27)(H,26,28)/t12-,16+,17-,18-/m0/s1. The lowest BCUT2D eigenvalue weighted by molar-refractivity contribution is -0.128. The first kappa shape index (κ1) is 20.2. The zero-order valence-electron chi connectivity index (χ0n) is 15.3. The van der Waals surface area contributed by atoms with Gasteiger partial charge in [-0.3, -0.25) is 9.59 Å². The highest BCUT2D eigenvalue weighted by Gasteiger charge is 2.44. The van der Waals surface area contributed by atoms with Crippen LogP contribution < -0.4 is 10.6 Å². The summed E-state index contributed by atoms with van der Waals surface area (Å²) in [5.74, 6) is -1.06. The van der Waals surface area contributed by atoms with Crippen LogP contribution in [0.15, 0.2) is 42.5 Å². The third-order valence-electron chi connectivity index (χ3n) is 5.24. The van der Waals surface area contributed by atoms with Crippen molar-refractivity contribution in [3.05, 3.63) is 70.2 Å². The van der Waals surface area contributed by atoms with E-state index in [-0.39, 0.29) is 41.8 Å². The van der Waals surface area contributed by atoms with Gasteiger partial charge in [0.15, 0.2) is 0 Å². The molecule has 152 valence electrons. The third-order valence-corrected chi connectivity index (χ3v) is 6.88. The molecule has 2 amide bonds. The maximum absolute atomic E-state index is 14.0. The van der Waals surface area contributed by atoms with Crippen molar-refractivity contribution in [2.24, 2.45) is 0 Å². The van der Waals surface area contributed by atoms with E-state index >= 15 is 0 Å². The lowest BCUT2D eigenvalue weighted by atomic mass is 10.1. The van der Waals surface area contributed by atoms with Crippen molar-refractivity contribution in [1.82, 2.24) is 10.6 Å². The molecule has 2 N–H and O–H groups in total. The minimum atomic E-state index is -0.665. The second-order valence-corrected chi connectivity index (χ2v) is 8.91. The van der Waals surface area contributed by atoms with Gasteiger partial charge < -0.3 is 10.6 Å². The number of carbonyl (C=O) groups excluding carboxylic acids is 2. The monoisotopic (exact) mass is 436 g/mol. The minimum absolute atomic E-state index is 0.159. The smallest absolute Gasteiger partial charge is 0.243 e. The summed E-state index contributed by atoms with van der Waals surface area (Å²) >= 11 is 7.43.